The summed E-state index contributed by atoms with van der Waals surface area (Å²) in [7, 11) is 0. The first kappa shape index (κ1) is 16.9. The summed E-state index contributed by atoms with van der Waals surface area (Å²) in [5.74, 6) is -2.40. The zero-order chi connectivity index (χ0) is 16.7. The van der Waals surface area contributed by atoms with Gasteiger partial charge < -0.3 is 15.2 Å². The van der Waals surface area contributed by atoms with Gasteiger partial charge in [0.25, 0.3) is 5.91 Å². The number of nitrogens with one attached hydrogen (secondary N) is 1. The molecule has 0 saturated carbocycles. The average molecular weight is 321 g/mol. The van der Waals surface area contributed by atoms with Crippen LogP contribution >= 0.6 is 0 Å². The number of carbonyl (C=O) groups excluding carboxylic acids is 1. The van der Waals surface area contributed by atoms with E-state index in [2.05, 4.69) is 5.32 Å². The van der Waals surface area contributed by atoms with Crippen LogP contribution in [0.5, 0.6) is 5.75 Å². The number of amides is 1. The Hall–Kier alpha value is -2.47. The van der Waals surface area contributed by atoms with Crippen LogP contribution in [0, 0.1) is 11.6 Å². The molecule has 0 aromatic heterocycles. The fourth-order valence-electron chi connectivity index (χ4n) is 1.97. The molecule has 0 radical (unpaired) electrons. The zero-order valence-corrected chi connectivity index (χ0v) is 12.3. The van der Waals surface area contributed by atoms with Crippen LogP contribution in [0.25, 0.3) is 0 Å². The van der Waals surface area contributed by atoms with Gasteiger partial charge in [0, 0.05) is 24.8 Å². The number of aliphatic hydroxyl groups is 1. The molecule has 0 bridgehead atoms. The predicted octanol–water partition coefficient (Wildman–Crippen LogP) is 2.58. The first-order chi connectivity index (χ1) is 11.1. The van der Waals surface area contributed by atoms with Gasteiger partial charge in [0.1, 0.15) is 5.75 Å². The molecule has 1 unspecified atom stereocenters. The van der Waals surface area contributed by atoms with Gasteiger partial charge in [-0.15, -0.1) is 0 Å². The maximum atomic E-state index is 13.3. The molecule has 0 aliphatic rings. The molecule has 0 aliphatic carbocycles. The summed E-state index contributed by atoms with van der Waals surface area (Å²) in [6, 6.07) is 11.8. The molecule has 6 heteroatoms. The number of benzene rings is 2. The van der Waals surface area contributed by atoms with E-state index >= 15 is 0 Å². The van der Waals surface area contributed by atoms with Crippen LogP contribution in [-0.4, -0.2) is 24.2 Å². The van der Waals surface area contributed by atoms with Gasteiger partial charge in [0.15, 0.2) is 11.6 Å². The fourth-order valence-corrected chi connectivity index (χ4v) is 1.97. The van der Waals surface area contributed by atoms with Gasteiger partial charge >= 0.3 is 0 Å². The average Bonchev–Trinajstić information content (AvgIpc) is 2.56. The van der Waals surface area contributed by atoms with Crippen LogP contribution in [0.1, 0.15) is 18.1 Å². The summed E-state index contributed by atoms with van der Waals surface area (Å²) in [4.78, 5) is 12.3. The second-order valence-corrected chi connectivity index (χ2v) is 4.85. The van der Waals surface area contributed by atoms with Crippen molar-refractivity contribution >= 4 is 5.91 Å². The van der Waals surface area contributed by atoms with Crippen molar-refractivity contribution < 1.29 is 23.4 Å². The van der Waals surface area contributed by atoms with Gasteiger partial charge in [-0.1, -0.05) is 30.3 Å². The SMILES string of the molecule is O=C(NCCCO)C(Oc1ccc(F)c(F)c1)c1ccccc1. The van der Waals surface area contributed by atoms with E-state index in [0.717, 1.165) is 12.1 Å². The molecule has 0 fully saturated rings. The fraction of sp³-hybridized carbons (Fsp3) is 0.235. The third-order valence-corrected chi connectivity index (χ3v) is 3.12. The Kier molecular flexibility index (Phi) is 6.05. The first-order valence-corrected chi connectivity index (χ1v) is 7.17. The monoisotopic (exact) mass is 321 g/mol. The van der Waals surface area contributed by atoms with E-state index in [-0.39, 0.29) is 12.4 Å². The van der Waals surface area contributed by atoms with E-state index in [4.69, 9.17) is 9.84 Å². The largest absolute Gasteiger partial charge is 0.476 e. The molecule has 4 nitrogen and oxygen atoms in total. The smallest absolute Gasteiger partial charge is 0.265 e. The summed E-state index contributed by atoms with van der Waals surface area (Å²) >= 11 is 0. The van der Waals surface area contributed by atoms with E-state index in [1.165, 1.54) is 6.07 Å². The Labute approximate surface area is 132 Å². The molecule has 0 heterocycles. The van der Waals surface area contributed by atoms with Crippen molar-refractivity contribution in [2.45, 2.75) is 12.5 Å². The molecule has 2 N–H and O–H groups in total. The molecular weight excluding hydrogens is 304 g/mol. The Morgan fingerprint density at radius 1 is 1.13 bits per heavy atom. The first-order valence-electron chi connectivity index (χ1n) is 7.17. The number of carbonyl (C=O) groups is 1. The highest BCUT2D eigenvalue weighted by atomic mass is 19.2. The zero-order valence-electron chi connectivity index (χ0n) is 12.3. The highest BCUT2D eigenvalue weighted by Gasteiger charge is 2.22. The minimum atomic E-state index is -1.05. The molecule has 0 spiro atoms. The second-order valence-electron chi connectivity index (χ2n) is 4.85. The lowest BCUT2D eigenvalue weighted by molar-refractivity contribution is -0.128. The quantitative estimate of drug-likeness (QED) is 0.771. The summed E-state index contributed by atoms with van der Waals surface area (Å²) in [6.45, 7) is 0.250. The number of halogens is 2. The summed E-state index contributed by atoms with van der Waals surface area (Å²) < 4.78 is 31.8. The molecule has 122 valence electrons. The number of ether oxygens (including phenoxy) is 1. The van der Waals surface area contributed by atoms with Crippen LogP contribution in [0.2, 0.25) is 0 Å². The van der Waals surface area contributed by atoms with Gasteiger partial charge in [-0.25, -0.2) is 8.78 Å². The highest BCUT2D eigenvalue weighted by Crippen LogP contribution is 2.24. The Balaban J connectivity index is 2.19. The highest BCUT2D eigenvalue weighted by molar-refractivity contribution is 5.82. The molecule has 1 amide bonds. The number of hydrogen-bond donors (Lipinski definition) is 2. The third kappa shape index (κ3) is 4.75. The molecule has 2 aromatic rings. The van der Waals surface area contributed by atoms with Crippen LogP contribution in [-0.2, 0) is 4.79 Å². The minimum absolute atomic E-state index is 0.0414. The van der Waals surface area contributed by atoms with Crippen molar-refractivity contribution in [2.75, 3.05) is 13.2 Å². The lowest BCUT2D eigenvalue weighted by Crippen LogP contribution is -2.33. The van der Waals surface area contributed by atoms with Gasteiger partial charge in [-0.2, -0.15) is 0 Å². The van der Waals surface area contributed by atoms with Crippen molar-refractivity contribution in [3.8, 4) is 5.75 Å². The van der Waals surface area contributed by atoms with E-state index in [0.29, 0.717) is 18.5 Å². The minimum Gasteiger partial charge on any atom is -0.476 e. The van der Waals surface area contributed by atoms with E-state index in [9.17, 15) is 13.6 Å². The maximum absolute atomic E-state index is 13.3. The molecule has 1 atom stereocenters. The van der Waals surface area contributed by atoms with Crippen LogP contribution < -0.4 is 10.1 Å². The Morgan fingerprint density at radius 3 is 2.52 bits per heavy atom. The van der Waals surface area contributed by atoms with Crippen molar-refractivity contribution in [3.05, 3.63) is 65.7 Å². The molecule has 2 rings (SSSR count). The Bertz CT molecular complexity index is 650. The van der Waals surface area contributed by atoms with Crippen molar-refractivity contribution in [2.24, 2.45) is 0 Å². The maximum Gasteiger partial charge on any atom is 0.265 e. The lowest BCUT2D eigenvalue weighted by atomic mass is 10.1. The third-order valence-electron chi connectivity index (χ3n) is 3.12. The number of aliphatic hydroxyl groups excluding tert-OH is 1. The van der Waals surface area contributed by atoms with Crippen molar-refractivity contribution in [1.82, 2.24) is 5.32 Å². The van der Waals surface area contributed by atoms with Gasteiger partial charge in [-0.3, -0.25) is 4.79 Å². The van der Waals surface area contributed by atoms with E-state index < -0.39 is 23.6 Å². The van der Waals surface area contributed by atoms with Gasteiger partial charge in [-0.05, 0) is 18.6 Å². The van der Waals surface area contributed by atoms with E-state index in [1.807, 2.05) is 0 Å². The standard InChI is InChI=1S/C17H17F2NO3/c18-14-8-7-13(11-15(14)19)23-16(12-5-2-1-3-6-12)17(22)20-9-4-10-21/h1-3,5-8,11,16,21H,4,9-10H2,(H,20,22). The number of rotatable bonds is 7. The summed E-state index contributed by atoms with van der Waals surface area (Å²) in [5.41, 5.74) is 0.582. The molecule has 0 aliphatic heterocycles. The van der Waals surface area contributed by atoms with Crippen molar-refractivity contribution in [1.29, 1.82) is 0 Å². The summed E-state index contributed by atoms with van der Waals surface area (Å²) in [6.07, 6.45) is -0.585. The Morgan fingerprint density at radius 2 is 1.87 bits per heavy atom. The molecule has 0 saturated heterocycles. The summed E-state index contributed by atoms with van der Waals surface area (Å²) in [5, 5.41) is 11.4. The lowest BCUT2D eigenvalue weighted by Gasteiger charge is -2.19. The molecular formula is C17H17F2NO3. The van der Waals surface area contributed by atoms with Gasteiger partial charge in [0.05, 0.1) is 0 Å². The molecule has 2 aromatic carbocycles. The van der Waals surface area contributed by atoms with Gasteiger partial charge in [0.2, 0.25) is 6.10 Å². The van der Waals surface area contributed by atoms with Crippen LogP contribution in [0.15, 0.2) is 48.5 Å². The van der Waals surface area contributed by atoms with Crippen LogP contribution in [0.3, 0.4) is 0 Å². The topological polar surface area (TPSA) is 58.6 Å². The number of hydrogen-bond acceptors (Lipinski definition) is 3. The predicted molar refractivity (Wildman–Crippen MR) is 80.9 cm³/mol. The normalized spacial score (nSPS) is 11.8. The van der Waals surface area contributed by atoms with E-state index in [1.54, 1.807) is 30.3 Å². The van der Waals surface area contributed by atoms with Crippen LogP contribution in [0.4, 0.5) is 8.78 Å². The van der Waals surface area contributed by atoms with Crippen molar-refractivity contribution in [3.63, 3.8) is 0 Å². The molecule has 23 heavy (non-hydrogen) atoms. The second kappa shape index (κ2) is 8.24.